The van der Waals surface area contributed by atoms with E-state index in [0.717, 1.165) is 26.1 Å². The van der Waals surface area contributed by atoms with Gasteiger partial charge in [-0.3, -0.25) is 9.69 Å². The number of nitrogens with two attached hydrogens (primary N) is 1. The standard InChI is InChI=1S/C15H31N3O/c1-11(2)18(12(3)4)15(19)10-17-7-6-13(5)14(8-16)9-17/h11-14H,6-10,16H2,1-5H3. The van der Waals surface area contributed by atoms with Gasteiger partial charge in [0, 0.05) is 18.6 Å². The number of hydrogen-bond donors (Lipinski definition) is 1. The summed E-state index contributed by atoms with van der Waals surface area (Å²) < 4.78 is 0. The summed E-state index contributed by atoms with van der Waals surface area (Å²) in [6.07, 6.45) is 1.15. The molecule has 2 atom stereocenters. The van der Waals surface area contributed by atoms with Crippen LogP contribution < -0.4 is 5.73 Å². The Bertz CT molecular complexity index is 283. The van der Waals surface area contributed by atoms with E-state index in [0.29, 0.717) is 18.4 Å². The Morgan fingerprint density at radius 3 is 2.37 bits per heavy atom. The Hall–Kier alpha value is -0.610. The van der Waals surface area contributed by atoms with Crippen molar-refractivity contribution in [2.45, 2.75) is 53.1 Å². The van der Waals surface area contributed by atoms with Crippen molar-refractivity contribution in [2.75, 3.05) is 26.2 Å². The molecule has 0 radical (unpaired) electrons. The van der Waals surface area contributed by atoms with E-state index in [4.69, 9.17) is 5.73 Å². The molecule has 1 rings (SSSR count). The van der Waals surface area contributed by atoms with Crippen LogP contribution in [-0.4, -0.2) is 54.0 Å². The predicted octanol–water partition coefficient (Wildman–Crippen LogP) is 1.55. The number of likely N-dealkylation sites (tertiary alicyclic amines) is 1. The molecule has 1 saturated heterocycles. The molecule has 4 heteroatoms. The maximum Gasteiger partial charge on any atom is 0.237 e. The molecule has 2 N–H and O–H groups in total. The van der Waals surface area contributed by atoms with Crippen molar-refractivity contribution < 1.29 is 4.79 Å². The van der Waals surface area contributed by atoms with Crippen LogP contribution in [0.15, 0.2) is 0 Å². The molecule has 1 aliphatic rings. The van der Waals surface area contributed by atoms with Crippen molar-refractivity contribution in [2.24, 2.45) is 17.6 Å². The molecular weight excluding hydrogens is 238 g/mol. The lowest BCUT2D eigenvalue weighted by Gasteiger charge is -2.38. The predicted molar refractivity (Wildman–Crippen MR) is 79.9 cm³/mol. The van der Waals surface area contributed by atoms with Gasteiger partial charge in [0.15, 0.2) is 0 Å². The van der Waals surface area contributed by atoms with Crippen LogP contribution in [-0.2, 0) is 4.79 Å². The summed E-state index contributed by atoms with van der Waals surface area (Å²) in [6.45, 7) is 13.9. The van der Waals surface area contributed by atoms with Gasteiger partial charge in [-0.05, 0) is 59.0 Å². The summed E-state index contributed by atoms with van der Waals surface area (Å²) in [6, 6.07) is 0.531. The summed E-state index contributed by atoms with van der Waals surface area (Å²) in [5, 5.41) is 0. The van der Waals surface area contributed by atoms with E-state index in [1.165, 1.54) is 0 Å². The normalized spacial score (nSPS) is 25.1. The molecule has 0 saturated carbocycles. The van der Waals surface area contributed by atoms with Gasteiger partial charge in [-0.2, -0.15) is 0 Å². The number of carbonyl (C=O) groups excluding carboxylic acids is 1. The van der Waals surface area contributed by atoms with Gasteiger partial charge in [-0.25, -0.2) is 0 Å². The third-order valence-corrected chi connectivity index (χ3v) is 4.26. The minimum Gasteiger partial charge on any atom is -0.337 e. The van der Waals surface area contributed by atoms with Gasteiger partial charge < -0.3 is 10.6 Å². The number of rotatable bonds is 5. The molecule has 19 heavy (non-hydrogen) atoms. The van der Waals surface area contributed by atoms with E-state index in [1.54, 1.807) is 0 Å². The second-order valence-electron chi connectivity index (χ2n) is 6.49. The molecule has 0 bridgehead atoms. The fourth-order valence-electron chi connectivity index (χ4n) is 3.12. The van der Waals surface area contributed by atoms with Crippen LogP contribution in [0.2, 0.25) is 0 Å². The van der Waals surface area contributed by atoms with Crippen LogP contribution in [0.25, 0.3) is 0 Å². The molecule has 2 unspecified atom stereocenters. The zero-order valence-corrected chi connectivity index (χ0v) is 13.2. The minimum atomic E-state index is 0.246. The quantitative estimate of drug-likeness (QED) is 0.824. The second kappa shape index (κ2) is 7.25. The number of carbonyl (C=O) groups is 1. The highest BCUT2D eigenvalue weighted by molar-refractivity contribution is 5.78. The second-order valence-corrected chi connectivity index (χ2v) is 6.49. The minimum absolute atomic E-state index is 0.246. The Kier molecular flexibility index (Phi) is 6.27. The number of amides is 1. The fourth-order valence-corrected chi connectivity index (χ4v) is 3.12. The highest BCUT2D eigenvalue weighted by Gasteiger charge is 2.28. The molecule has 1 amide bonds. The van der Waals surface area contributed by atoms with Crippen molar-refractivity contribution >= 4 is 5.91 Å². The number of nitrogens with zero attached hydrogens (tertiary/aromatic N) is 2. The maximum absolute atomic E-state index is 12.4. The Morgan fingerprint density at radius 1 is 1.32 bits per heavy atom. The third-order valence-electron chi connectivity index (χ3n) is 4.26. The summed E-state index contributed by atoms with van der Waals surface area (Å²) >= 11 is 0. The van der Waals surface area contributed by atoms with E-state index in [1.807, 2.05) is 4.90 Å². The van der Waals surface area contributed by atoms with E-state index < -0.39 is 0 Å². The molecule has 0 aromatic heterocycles. The monoisotopic (exact) mass is 269 g/mol. The van der Waals surface area contributed by atoms with Gasteiger partial charge in [0.2, 0.25) is 5.91 Å². The average Bonchev–Trinajstić information content (AvgIpc) is 2.30. The summed E-state index contributed by atoms with van der Waals surface area (Å²) in [5.74, 6) is 1.46. The van der Waals surface area contributed by atoms with Crippen molar-refractivity contribution in [1.82, 2.24) is 9.80 Å². The van der Waals surface area contributed by atoms with Crippen molar-refractivity contribution in [3.63, 3.8) is 0 Å². The van der Waals surface area contributed by atoms with Gasteiger partial charge in [0.1, 0.15) is 0 Å². The van der Waals surface area contributed by atoms with Gasteiger partial charge in [0.05, 0.1) is 6.54 Å². The molecule has 4 nitrogen and oxygen atoms in total. The largest absolute Gasteiger partial charge is 0.337 e. The van der Waals surface area contributed by atoms with Gasteiger partial charge in [-0.1, -0.05) is 6.92 Å². The Balaban J connectivity index is 2.56. The smallest absolute Gasteiger partial charge is 0.237 e. The molecule has 0 aliphatic carbocycles. The maximum atomic E-state index is 12.4. The van der Waals surface area contributed by atoms with Crippen molar-refractivity contribution in [1.29, 1.82) is 0 Å². The van der Waals surface area contributed by atoms with Gasteiger partial charge >= 0.3 is 0 Å². The SMILES string of the molecule is CC1CCN(CC(=O)N(C(C)C)C(C)C)CC1CN. The average molecular weight is 269 g/mol. The highest BCUT2D eigenvalue weighted by atomic mass is 16.2. The van der Waals surface area contributed by atoms with E-state index >= 15 is 0 Å². The molecule has 0 aromatic carbocycles. The topological polar surface area (TPSA) is 49.6 Å². The molecular formula is C15H31N3O. The number of piperidine rings is 1. The molecule has 0 spiro atoms. The lowest BCUT2D eigenvalue weighted by atomic mass is 9.87. The van der Waals surface area contributed by atoms with Crippen LogP contribution in [0.4, 0.5) is 0 Å². The molecule has 112 valence electrons. The van der Waals surface area contributed by atoms with Crippen molar-refractivity contribution in [3.05, 3.63) is 0 Å². The Morgan fingerprint density at radius 2 is 1.89 bits per heavy atom. The fraction of sp³-hybridized carbons (Fsp3) is 0.933. The van der Waals surface area contributed by atoms with Gasteiger partial charge in [0.25, 0.3) is 0 Å². The molecule has 0 aromatic rings. The van der Waals surface area contributed by atoms with E-state index in [9.17, 15) is 4.79 Å². The van der Waals surface area contributed by atoms with Crippen LogP contribution >= 0.6 is 0 Å². The van der Waals surface area contributed by atoms with E-state index in [2.05, 4.69) is 39.5 Å². The summed E-state index contributed by atoms with van der Waals surface area (Å²) in [4.78, 5) is 16.7. The van der Waals surface area contributed by atoms with Crippen LogP contribution in [0.3, 0.4) is 0 Å². The van der Waals surface area contributed by atoms with Crippen LogP contribution in [0.5, 0.6) is 0 Å². The first-order valence-electron chi connectivity index (χ1n) is 7.60. The van der Waals surface area contributed by atoms with Crippen molar-refractivity contribution in [3.8, 4) is 0 Å². The van der Waals surface area contributed by atoms with Crippen LogP contribution in [0.1, 0.15) is 41.0 Å². The molecule has 1 aliphatic heterocycles. The first-order valence-corrected chi connectivity index (χ1v) is 7.60. The zero-order valence-electron chi connectivity index (χ0n) is 13.2. The van der Waals surface area contributed by atoms with Gasteiger partial charge in [-0.15, -0.1) is 0 Å². The summed E-state index contributed by atoms with van der Waals surface area (Å²) in [5.41, 5.74) is 5.82. The first-order chi connectivity index (χ1) is 8.86. The molecule has 1 fully saturated rings. The summed E-state index contributed by atoms with van der Waals surface area (Å²) in [7, 11) is 0. The highest BCUT2D eigenvalue weighted by Crippen LogP contribution is 2.22. The lowest BCUT2D eigenvalue weighted by Crippen LogP contribution is -2.50. The van der Waals surface area contributed by atoms with E-state index in [-0.39, 0.29) is 18.0 Å². The molecule has 1 heterocycles. The zero-order chi connectivity index (χ0) is 14.6. The lowest BCUT2D eigenvalue weighted by molar-refractivity contribution is -0.136. The Labute approximate surface area is 118 Å². The third kappa shape index (κ3) is 4.46. The first kappa shape index (κ1) is 16.4. The van der Waals surface area contributed by atoms with Crippen LogP contribution in [0, 0.1) is 11.8 Å². The number of hydrogen-bond acceptors (Lipinski definition) is 3.